The maximum atomic E-state index is 10.5. The van der Waals surface area contributed by atoms with Gasteiger partial charge in [0, 0.05) is 5.56 Å². The average Bonchev–Trinajstić information content (AvgIpc) is 3.17. The number of nitrogens with zero attached hydrogens (tertiary/aromatic N) is 5. The van der Waals surface area contributed by atoms with E-state index in [-0.39, 0.29) is 5.75 Å². The highest BCUT2D eigenvalue weighted by atomic mass is 32.2. The molecule has 2 aromatic heterocycles. The van der Waals surface area contributed by atoms with Crippen molar-refractivity contribution in [2.24, 2.45) is 0 Å². The molecule has 21 heavy (non-hydrogen) atoms. The van der Waals surface area contributed by atoms with Crippen molar-refractivity contribution in [3.63, 3.8) is 0 Å². The summed E-state index contributed by atoms with van der Waals surface area (Å²) in [5, 5.41) is 21.1. The van der Waals surface area contributed by atoms with Crippen molar-refractivity contribution < 1.29 is 9.90 Å². The smallest absolute Gasteiger partial charge is 0.313 e. The summed E-state index contributed by atoms with van der Waals surface area (Å²) in [6.07, 6.45) is 3.06. The molecule has 0 aliphatic rings. The molecule has 8 nitrogen and oxygen atoms in total. The molecule has 2 N–H and O–H groups in total. The predicted molar refractivity (Wildman–Crippen MR) is 75.1 cm³/mol. The maximum absolute atomic E-state index is 10.5. The summed E-state index contributed by atoms with van der Waals surface area (Å²) in [5.41, 5.74) is 1.68. The van der Waals surface area contributed by atoms with Crippen LogP contribution < -0.4 is 0 Å². The van der Waals surface area contributed by atoms with Gasteiger partial charge in [0.15, 0.2) is 11.0 Å². The Morgan fingerprint density at radius 1 is 1.38 bits per heavy atom. The van der Waals surface area contributed by atoms with Gasteiger partial charge in [0.1, 0.15) is 12.7 Å². The summed E-state index contributed by atoms with van der Waals surface area (Å²) in [6.45, 7) is 0. The number of benzene rings is 1. The molecule has 0 spiro atoms. The molecule has 9 heteroatoms. The fourth-order valence-corrected chi connectivity index (χ4v) is 2.24. The number of rotatable bonds is 5. The van der Waals surface area contributed by atoms with E-state index in [2.05, 4.69) is 25.3 Å². The number of hydrogen-bond acceptors (Lipinski definition) is 6. The van der Waals surface area contributed by atoms with Crippen molar-refractivity contribution in [1.82, 2.24) is 29.9 Å². The zero-order valence-corrected chi connectivity index (χ0v) is 11.5. The van der Waals surface area contributed by atoms with E-state index in [4.69, 9.17) is 5.11 Å². The number of aliphatic carboxylic acids is 1. The Hall–Kier alpha value is -2.68. The van der Waals surface area contributed by atoms with Gasteiger partial charge in [-0.1, -0.05) is 23.9 Å². The van der Waals surface area contributed by atoms with Crippen molar-refractivity contribution >= 4 is 17.7 Å². The molecule has 0 atom stereocenters. The minimum Gasteiger partial charge on any atom is -0.481 e. The molecule has 0 fully saturated rings. The Morgan fingerprint density at radius 2 is 2.29 bits per heavy atom. The molecule has 0 saturated carbocycles. The molecule has 0 bridgehead atoms. The van der Waals surface area contributed by atoms with Crippen LogP contribution in [0.25, 0.3) is 17.1 Å². The van der Waals surface area contributed by atoms with E-state index in [0.29, 0.717) is 11.0 Å². The van der Waals surface area contributed by atoms with Gasteiger partial charge >= 0.3 is 5.97 Å². The fraction of sp³-hybridized carbons (Fsp3) is 0.0833. The lowest BCUT2D eigenvalue weighted by molar-refractivity contribution is -0.133. The normalized spacial score (nSPS) is 10.7. The van der Waals surface area contributed by atoms with Crippen LogP contribution in [0.1, 0.15) is 0 Å². The van der Waals surface area contributed by atoms with Gasteiger partial charge in [0.25, 0.3) is 0 Å². The van der Waals surface area contributed by atoms with Gasteiger partial charge in [0.05, 0.1) is 11.4 Å². The van der Waals surface area contributed by atoms with Gasteiger partial charge in [-0.3, -0.25) is 4.79 Å². The number of thioether (sulfide) groups is 1. The van der Waals surface area contributed by atoms with Crippen LogP contribution >= 0.6 is 11.8 Å². The predicted octanol–water partition coefficient (Wildman–Crippen LogP) is 1.23. The highest BCUT2D eigenvalue weighted by Crippen LogP contribution is 2.21. The first-order chi connectivity index (χ1) is 10.2. The Balaban J connectivity index is 1.84. The van der Waals surface area contributed by atoms with Crippen molar-refractivity contribution in [3.05, 3.63) is 36.9 Å². The Kier molecular flexibility index (Phi) is 3.65. The SMILES string of the molecule is O=C(O)CSc1nnc(-c2cccc(-n3cncn3)c2)[nH]1. The largest absolute Gasteiger partial charge is 0.481 e. The number of aromatic amines is 1. The quantitative estimate of drug-likeness (QED) is 0.682. The maximum Gasteiger partial charge on any atom is 0.313 e. The molecule has 0 unspecified atom stereocenters. The number of hydrogen-bond donors (Lipinski definition) is 2. The fourth-order valence-electron chi connectivity index (χ4n) is 1.71. The molecule has 1 aromatic carbocycles. The van der Waals surface area contributed by atoms with Crippen molar-refractivity contribution in [2.75, 3.05) is 5.75 Å². The van der Waals surface area contributed by atoms with Crippen LogP contribution in [0.3, 0.4) is 0 Å². The number of nitrogens with one attached hydrogen (secondary N) is 1. The summed E-state index contributed by atoms with van der Waals surface area (Å²) in [4.78, 5) is 17.4. The first-order valence-electron chi connectivity index (χ1n) is 5.95. The summed E-state index contributed by atoms with van der Waals surface area (Å²) >= 11 is 1.09. The summed E-state index contributed by atoms with van der Waals surface area (Å²) in [6, 6.07) is 7.54. The second-order valence-corrected chi connectivity index (χ2v) is 5.02. The molecule has 0 aliphatic heterocycles. The van der Waals surface area contributed by atoms with Crippen LogP contribution in [0.2, 0.25) is 0 Å². The van der Waals surface area contributed by atoms with E-state index < -0.39 is 5.97 Å². The molecule has 3 rings (SSSR count). The van der Waals surface area contributed by atoms with Crippen molar-refractivity contribution in [2.45, 2.75) is 5.16 Å². The first kappa shape index (κ1) is 13.3. The van der Waals surface area contributed by atoms with E-state index >= 15 is 0 Å². The number of H-pyrrole nitrogens is 1. The number of carboxylic acids is 1. The van der Waals surface area contributed by atoms with Gasteiger partial charge in [-0.2, -0.15) is 5.10 Å². The molecule has 106 valence electrons. The number of carbonyl (C=O) groups is 1. The van der Waals surface area contributed by atoms with E-state index in [9.17, 15) is 4.79 Å². The second-order valence-electron chi connectivity index (χ2n) is 4.05. The molecular formula is C12H10N6O2S. The standard InChI is InChI=1S/C12H10N6O2S/c19-10(20)5-21-12-15-11(16-17-12)8-2-1-3-9(4-8)18-7-13-6-14-18/h1-4,6-7H,5H2,(H,19,20)(H,15,16,17). The van der Waals surface area contributed by atoms with E-state index in [1.165, 1.54) is 6.33 Å². The average molecular weight is 302 g/mol. The van der Waals surface area contributed by atoms with Gasteiger partial charge < -0.3 is 10.1 Å². The van der Waals surface area contributed by atoms with Crippen LogP contribution in [0.15, 0.2) is 42.1 Å². The lowest BCUT2D eigenvalue weighted by Crippen LogP contribution is -1.97. The van der Waals surface area contributed by atoms with E-state index in [1.54, 1.807) is 11.0 Å². The van der Waals surface area contributed by atoms with Crippen molar-refractivity contribution in [3.8, 4) is 17.1 Å². The lowest BCUT2D eigenvalue weighted by Gasteiger charge is -2.02. The monoisotopic (exact) mass is 302 g/mol. The summed E-state index contributed by atoms with van der Waals surface area (Å²) in [7, 11) is 0. The zero-order valence-electron chi connectivity index (χ0n) is 10.7. The third-order valence-corrected chi connectivity index (χ3v) is 3.45. The van der Waals surface area contributed by atoms with E-state index in [0.717, 1.165) is 23.0 Å². The van der Waals surface area contributed by atoms with Gasteiger partial charge in [-0.05, 0) is 12.1 Å². The summed E-state index contributed by atoms with van der Waals surface area (Å²) in [5.74, 6) is -0.385. The lowest BCUT2D eigenvalue weighted by atomic mass is 10.2. The third-order valence-electron chi connectivity index (χ3n) is 2.60. The Bertz CT molecular complexity index is 755. The molecule has 3 aromatic rings. The van der Waals surface area contributed by atoms with Gasteiger partial charge in [0.2, 0.25) is 0 Å². The van der Waals surface area contributed by atoms with Crippen LogP contribution in [0.4, 0.5) is 0 Å². The minimum atomic E-state index is -0.897. The van der Waals surface area contributed by atoms with Crippen LogP contribution in [0.5, 0.6) is 0 Å². The number of aromatic nitrogens is 6. The van der Waals surface area contributed by atoms with Crippen molar-refractivity contribution in [1.29, 1.82) is 0 Å². The molecule has 0 amide bonds. The van der Waals surface area contributed by atoms with Gasteiger partial charge in [-0.15, -0.1) is 10.2 Å². The van der Waals surface area contributed by atoms with E-state index in [1.807, 2.05) is 24.3 Å². The third kappa shape index (κ3) is 3.08. The molecule has 0 aliphatic carbocycles. The van der Waals surface area contributed by atoms with Gasteiger partial charge in [-0.25, -0.2) is 9.67 Å². The molecule has 0 saturated heterocycles. The zero-order chi connectivity index (χ0) is 14.7. The second kappa shape index (κ2) is 5.75. The highest BCUT2D eigenvalue weighted by molar-refractivity contribution is 7.99. The Labute approximate surface area is 123 Å². The molecular weight excluding hydrogens is 292 g/mol. The summed E-state index contributed by atoms with van der Waals surface area (Å²) < 4.78 is 1.64. The first-order valence-corrected chi connectivity index (χ1v) is 6.93. The van der Waals surface area contributed by atoms with Crippen LogP contribution in [-0.2, 0) is 4.79 Å². The molecule has 0 radical (unpaired) electrons. The molecule has 2 heterocycles. The topological polar surface area (TPSA) is 110 Å². The van der Waals surface area contributed by atoms with Crippen LogP contribution in [-0.4, -0.2) is 46.8 Å². The highest BCUT2D eigenvalue weighted by Gasteiger charge is 2.08. The minimum absolute atomic E-state index is 0.0619. The van der Waals surface area contributed by atoms with Crippen LogP contribution in [0, 0.1) is 0 Å². The number of carboxylic acid groups (broad SMARTS) is 1. The Morgan fingerprint density at radius 3 is 3.05 bits per heavy atom.